The fraction of sp³-hybridized carbons (Fsp3) is 1.00. The van der Waals surface area contributed by atoms with E-state index >= 15 is 0 Å². The molecule has 1 saturated carbocycles. The van der Waals surface area contributed by atoms with E-state index in [-0.39, 0.29) is 12.7 Å². The van der Waals surface area contributed by atoms with Crippen LogP contribution in [0.15, 0.2) is 0 Å². The first-order chi connectivity index (χ1) is 6.00. The first kappa shape index (κ1) is 9.44. The van der Waals surface area contributed by atoms with E-state index in [0.29, 0.717) is 5.92 Å². The SMILES string of the molecule is C[C@]1(CO)O[C@@]2(C)CC[C@@H]1C[C@@H]2O. The maximum absolute atomic E-state index is 9.78. The number of hydrogen-bond donors (Lipinski definition) is 2. The number of rotatable bonds is 1. The Morgan fingerprint density at radius 3 is 2.62 bits per heavy atom. The molecule has 3 aliphatic rings. The van der Waals surface area contributed by atoms with Gasteiger partial charge in [-0.3, -0.25) is 0 Å². The normalized spacial score (nSPS) is 55.4. The molecule has 2 heterocycles. The summed E-state index contributed by atoms with van der Waals surface area (Å²) in [5.74, 6) is 0.314. The van der Waals surface area contributed by atoms with Crippen LogP contribution in [0.1, 0.15) is 33.1 Å². The van der Waals surface area contributed by atoms with Crippen LogP contribution in [0.4, 0.5) is 0 Å². The fourth-order valence-electron chi connectivity index (χ4n) is 2.72. The van der Waals surface area contributed by atoms with Crippen molar-refractivity contribution in [3.8, 4) is 0 Å². The summed E-state index contributed by atoms with van der Waals surface area (Å²) in [4.78, 5) is 0. The lowest BCUT2D eigenvalue weighted by molar-refractivity contribution is -0.288. The summed E-state index contributed by atoms with van der Waals surface area (Å²) >= 11 is 0. The number of ether oxygens (including phenoxy) is 1. The Hall–Kier alpha value is -0.120. The molecule has 1 aliphatic carbocycles. The van der Waals surface area contributed by atoms with Gasteiger partial charge in [0.1, 0.15) is 0 Å². The molecule has 3 rings (SSSR count). The van der Waals surface area contributed by atoms with Crippen molar-refractivity contribution in [1.29, 1.82) is 0 Å². The highest BCUT2D eigenvalue weighted by Gasteiger charge is 2.55. The molecule has 0 aromatic carbocycles. The van der Waals surface area contributed by atoms with Crippen molar-refractivity contribution in [2.45, 2.75) is 50.4 Å². The zero-order valence-electron chi connectivity index (χ0n) is 8.29. The van der Waals surface area contributed by atoms with Crippen LogP contribution in [0, 0.1) is 5.92 Å². The molecule has 2 saturated heterocycles. The molecule has 76 valence electrons. The van der Waals surface area contributed by atoms with Crippen molar-refractivity contribution in [3.63, 3.8) is 0 Å². The van der Waals surface area contributed by atoms with Gasteiger partial charge >= 0.3 is 0 Å². The molecule has 13 heavy (non-hydrogen) atoms. The van der Waals surface area contributed by atoms with Gasteiger partial charge < -0.3 is 14.9 Å². The highest BCUT2D eigenvalue weighted by atomic mass is 16.5. The Labute approximate surface area is 78.7 Å². The van der Waals surface area contributed by atoms with Gasteiger partial charge in [-0.25, -0.2) is 0 Å². The van der Waals surface area contributed by atoms with E-state index in [9.17, 15) is 10.2 Å². The average molecular weight is 186 g/mol. The van der Waals surface area contributed by atoms with Gasteiger partial charge in [-0.1, -0.05) is 0 Å². The van der Waals surface area contributed by atoms with Gasteiger partial charge in [-0.15, -0.1) is 0 Å². The van der Waals surface area contributed by atoms with Gasteiger partial charge in [-0.05, 0) is 39.0 Å². The second-order valence-corrected chi connectivity index (χ2v) is 4.87. The quantitative estimate of drug-likeness (QED) is 0.633. The van der Waals surface area contributed by atoms with Crippen LogP contribution in [-0.4, -0.2) is 34.1 Å². The first-order valence-electron chi connectivity index (χ1n) is 4.99. The predicted molar refractivity (Wildman–Crippen MR) is 48.3 cm³/mol. The molecule has 2 aliphatic heterocycles. The molecule has 0 amide bonds. The van der Waals surface area contributed by atoms with Gasteiger partial charge in [-0.2, -0.15) is 0 Å². The number of hydrogen-bond acceptors (Lipinski definition) is 3. The number of fused-ring (bicyclic) bond motifs is 3. The van der Waals surface area contributed by atoms with Crippen LogP contribution in [0.5, 0.6) is 0 Å². The maximum atomic E-state index is 9.78. The summed E-state index contributed by atoms with van der Waals surface area (Å²) in [5, 5.41) is 19.0. The summed E-state index contributed by atoms with van der Waals surface area (Å²) in [6.07, 6.45) is 2.39. The Balaban J connectivity index is 2.25. The van der Waals surface area contributed by atoms with Crippen molar-refractivity contribution in [2.24, 2.45) is 5.92 Å². The van der Waals surface area contributed by atoms with Crippen LogP contribution >= 0.6 is 0 Å². The first-order valence-corrected chi connectivity index (χ1v) is 4.99. The summed E-state index contributed by atoms with van der Waals surface area (Å²) in [6.45, 7) is 3.95. The van der Waals surface area contributed by atoms with Gasteiger partial charge in [0.05, 0.1) is 23.9 Å². The van der Waals surface area contributed by atoms with Crippen LogP contribution in [0.3, 0.4) is 0 Å². The van der Waals surface area contributed by atoms with E-state index in [1.165, 1.54) is 0 Å². The second-order valence-electron chi connectivity index (χ2n) is 4.87. The second kappa shape index (κ2) is 2.69. The molecule has 2 N–H and O–H groups in total. The molecule has 4 atom stereocenters. The molecule has 3 fully saturated rings. The smallest absolute Gasteiger partial charge is 0.0921 e. The third-order valence-electron chi connectivity index (χ3n) is 3.85. The van der Waals surface area contributed by atoms with Crippen molar-refractivity contribution in [2.75, 3.05) is 6.61 Å². The average Bonchev–Trinajstić information content (AvgIpc) is 2.08. The number of aliphatic hydroxyl groups excluding tert-OH is 2. The molecule has 3 nitrogen and oxygen atoms in total. The van der Waals surface area contributed by atoms with Crippen LogP contribution < -0.4 is 0 Å². The zero-order valence-corrected chi connectivity index (χ0v) is 8.29. The topological polar surface area (TPSA) is 49.7 Å². The van der Waals surface area contributed by atoms with Crippen LogP contribution in [0.2, 0.25) is 0 Å². The summed E-state index contributed by atoms with van der Waals surface area (Å²) in [6, 6.07) is 0. The van der Waals surface area contributed by atoms with Crippen LogP contribution in [-0.2, 0) is 4.74 Å². The standard InChI is InChI=1S/C10H18O3/c1-9-4-3-7(5-8(9)12)10(2,6-11)13-9/h7-8,11-12H,3-6H2,1-2H3/t7-,8+,9+,10-/m1/s1. The Morgan fingerprint density at radius 2 is 2.15 bits per heavy atom. The summed E-state index contributed by atoms with van der Waals surface area (Å²) in [5.41, 5.74) is -0.849. The van der Waals surface area contributed by atoms with E-state index in [0.717, 1.165) is 19.3 Å². The van der Waals surface area contributed by atoms with E-state index in [1.807, 2.05) is 13.8 Å². The van der Waals surface area contributed by atoms with Gasteiger partial charge in [0, 0.05) is 0 Å². The molecule has 0 radical (unpaired) electrons. The minimum absolute atomic E-state index is 0.0555. The third-order valence-corrected chi connectivity index (χ3v) is 3.85. The lowest BCUT2D eigenvalue weighted by atomic mass is 9.67. The summed E-state index contributed by atoms with van der Waals surface area (Å²) in [7, 11) is 0. The largest absolute Gasteiger partial charge is 0.393 e. The molecule has 2 bridgehead atoms. The summed E-state index contributed by atoms with van der Waals surface area (Å²) < 4.78 is 5.82. The molecule has 0 aromatic heterocycles. The molecular formula is C10H18O3. The minimum Gasteiger partial charge on any atom is -0.393 e. The third kappa shape index (κ3) is 1.22. The highest BCUT2D eigenvalue weighted by molar-refractivity contribution is 5.04. The van der Waals surface area contributed by atoms with Gasteiger partial charge in [0.2, 0.25) is 0 Å². The molecule has 0 spiro atoms. The van der Waals surface area contributed by atoms with E-state index in [2.05, 4.69) is 0 Å². The predicted octanol–water partition coefficient (Wildman–Crippen LogP) is 0.687. The minimum atomic E-state index is -0.424. The fourth-order valence-corrected chi connectivity index (χ4v) is 2.72. The number of aliphatic hydroxyl groups is 2. The van der Waals surface area contributed by atoms with E-state index < -0.39 is 11.2 Å². The van der Waals surface area contributed by atoms with Crippen molar-refractivity contribution in [1.82, 2.24) is 0 Å². The van der Waals surface area contributed by atoms with Gasteiger partial charge in [0.15, 0.2) is 0 Å². The Morgan fingerprint density at radius 1 is 1.46 bits per heavy atom. The zero-order chi connectivity index (χ0) is 9.69. The molecule has 0 unspecified atom stereocenters. The Kier molecular flexibility index (Phi) is 1.95. The highest BCUT2D eigenvalue weighted by Crippen LogP contribution is 2.49. The van der Waals surface area contributed by atoms with Crippen LogP contribution in [0.25, 0.3) is 0 Å². The lowest BCUT2D eigenvalue weighted by Gasteiger charge is -2.56. The van der Waals surface area contributed by atoms with Crippen molar-refractivity contribution >= 4 is 0 Å². The lowest BCUT2D eigenvalue weighted by Crippen LogP contribution is -2.63. The van der Waals surface area contributed by atoms with Crippen molar-refractivity contribution in [3.05, 3.63) is 0 Å². The molecule has 0 aromatic rings. The molecule has 3 heteroatoms. The van der Waals surface area contributed by atoms with E-state index in [1.54, 1.807) is 0 Å². The maximum Gasteiger partial charge on any atom is 0.0921 e. The Bertz CT molecular complexity index is 216. The monoisotopic (exact) mass is 186 g/mol. The van der Waals surface area contributed by atoms with E-state index in [4.69, 9.17) is 4.74 Å². The molecular weight excluding hydrogens is 168 g/mol. The van der Waals surface area contributed by atoms with Crippen molar-refractivity contribution < 1.29 is 14.9 Å². The van der Waals surface area contributed by atoms with Gasteiger partial charge in [0.25, 0.3) is 0 Å².